The topological polar surface area (TPSA) is 84.1 Å². The first kappa shape index (κ1) is 15.2. The summed E-state index contributed by atoms with van der Waals surface area (Å²) >= 11 is 0. The lowest BCUT2D eigenvalue weighted by Crippen LogP contribution is -2.37. The molecule has 0 aliphatic carbocycles. The number of likely N-dealkylation sites (N-methyl/N-ethyl adjacent to an activating group) is 1. The summed E-state index contributed by atoms with van der Waals surface area (Å²) in [6, 6.07) is 1.68. The van der Waals surface area contributed by atoms with Crippen LogP contribution in [-0.4, -0.2) is 36.0 Å². The number of carbonyl (C=O) groups is 1. The van der Waals surface area contributed by atoms with E-state index in [1.54, 1.807) is 11.0 Å². The Balaban J connectivity index is 2.64. The minimum absolute atomic E-state index is 0.0218. The van der Waals surface area contributed by atoms with Gasteiger partial charge in [0.2, 0.25) is 5.91 Å². The molecule has 0 radical (unpaired) electrons. The number of carbonyl (C=O) groups excluding carboxylic acids is 1. The molecule has 6 heteroatoms. The highest BCUT2D eigenvalue weighted by Gasteiger charge is 2.10. The van der Waals surface area contributed by atoms with E-state index in [1.807, 2.05) is 14.0 Å². The fourth-order valence-electron chi connectivity index (χ4n) is 1.53. The van der Waals surface area contributed by atoms with Crippen LogP contribution in [0.15, 0.2) is 6.07 Å². The van der Waals surface area contributed by atoms with Crippen LogP contribution in [-0.2, 0) is 11.2 Å². The van der Waals surface area contributed by atoms with E-state index >= 15 is 0 Å². The molecule has 0 aliphatic rings. The van der Waals surface area contributed by atoms with Crippen molar-refractivity contribution in [2.24, 2.45) is 5.92 Å². The molecule has 3 N–H and O–H groups in total. The van der Waals surface area contributed by atoms with E-state index in [1.165, 1.54) is 0 Å². The van der Waals surface area contributed by atoms with E-state index in [4.69, 9.17) is 5.73 Å². The van der Waals surface area contributed by atoms with Crippen molar-refractivity contribution in [3.8, 4) is 0 Å². The van der Waals surface area contributed by atoms with Crippen LogP contribution in [0.3, 0.4) is 0 Å². The number of nitrogens with one attached hydrogen (secondary N) is 1. The summed E-state index contributed by atoms with van der Waals surface area (Å²) < 4.78 is 0. The summed E-state index contributed by atoms with van der Waals surface area (Å²) in [6.45, 7) is 7.02. The van der Waals surface area contributed by atoms with E-state index in [2.05, 4.69) is 29.1 Å². The van der Waals surface area contributed by atoms with Crippen molar-refractivity contribution in [3.05, 3.63) is 11.9 Å². The number of aromatic nitrogens is 2. The van der Waals surface area contributed by atoms with Crippen LogP contribution in [0.25, 0.3) is 0 Å². The van der Waals surface area contributed by atoms with Gasteiger partial charge in [0.1, 0.15) is 17.5 Å². The summed E-state index contributed by atoms with van der Waals surface area (Å²) in [6.07, 6.45) is 0.714. The Morgan fingerprint density at radius 3 is 2.74 bits per heavy atom. The highest BCUT2D eigenvalue weighted by atomic mass is 16.2. The minimum Gasteiger partial charge on any atom is -0.384 e. The number of nitrogens with two attached hydrogens (primary N) is 1. The Labute approximate surface area is 114 Å². The molecule has 0 unspecified atom stereocenters. The Bertz CT molecular complexity index is 433. The van der Waals surface area contributed by atoms with Gasteiger partial charge in [-0.25, -0.2) is 9.97 Å². The molecule has 0 bridgehead atoms. The lowest BCUT2D eigenvalue weighted by Gasteiger charge is -2.19. The molecular formula is C13H23N5O. The predicted octanol–water partition coefficient (Wildman–Crippen LogP) is 0.830. The summed E-state index contributed by atoms with van der Waals surface area (Å²) in [7, 11) is 1.82. The molecule has 106 valence electrons. The number of hydrogen-bond acceptors (Lipinski definition) is 5. The molecule has 0 aliphatic heterocycles. The lowest BCUT2D eigenvalue weighted by molar-refractivity contribution is -0.119. The number of nitrogen functional groups attached to an aromatic ring is 1. The second kappa shape index (κ2) is 6.92. The SMILES string of the molecule is CCc1nc(N)cc(N(C)CC(=O)NCC(C)C)n1. The first-order valence-corrected chi connectivity index (χ1v) is 6.53. The van der Waals surface area contributed by atoms with Gasteiger partial charge >= 0.3 is 0 Å². The van der Waals surface area contributed by atoms with Gasteiger partial charge in [-0.05, 0) is 5.92 Å². The lowest BCUT2D eigenvalue weighted by atomic mass is 10.2. The van der Waals surface area contributed by atoms with Crippen LogP contribution in [0.4, 0.5) is 11.6 Å². The van der Waals surface area contributed by atoms with E-state index < -0.39 is 0 Å². The molecule has 0 spiro atoms. The number of anilines is 2. The Hall–Kier alpha value is -1.85. The molecule has 6 nitrogen and oxygen atoms in total. The van der Waals surface area contributed by atoms with Gasteiger partial charge in [0.25, 0.3) is 0 Å². The van der Waals surface area contributed by atoms with Crippen molar-refractivity contribution in [1.29, 1.82) is 0 Å². The van der Waals surface area contributed by atoms with Gasteiger partial charge in [-0.1, -0.05) is 20.8 Å². The third-order valence-electron chi connectivity index (χ3n) is 2.57. The largest absolute Gasteiger partial charge is 0.384 e. The zero-order valence-electron chi connectivity index (χ0n) is 12.1. The van der Waals surface area contributed by atoms with E-state index in [0.29, 0.717) is 36.3 Å². The summed E-state index contributed by atoms with van der Waals surface area (Å²) in [5.74, 6) is 2.20. The molecule has 1 aromatic heterocycles. The monoisotopic (exact) mass is 265 g/mol. The second-order valence-electron chi connectivity index (χ2n) is 4.97. The van der Waals surface area contributed by atoms with Gasteiger partial charge in [-0.2, -0.15) is 0 Å². The smallest absolute Gasteiger partial charge is 0.239 e. The summed E-state index contributed by atoms with van der Waals surface area (Å²) in [5, 5.41) is 2.87. The summed E-state index contributed by atoms with van der Waals surface area (Å²) in [4.78, 5) is 22.0. The zero-order chi connectivity index (χ0) is 14.4. The van der Waals surface area contributed by atoms with Crippen LogP contribution in [0.1, 0.15) is 26.6 Å². The van der Waals surface area contributed by atoms with Crippen molar-refractivity contribution >= 4 is 17.5 Å². The fourth-order valence-corrected chi connectivity index (χ4v) is 1.53. The molecule has 0 saturated heterocycles. The zero-order valence-corrected chi connectivity index (χ0v) is 12.1. The van der Waals surface area contributed by atoms with Gasteiger partial charge in [0.05, 0.1) is 6.54 Å². The van der Waals surface area contributed by atoms with Crippen LogP contribution < -0.4 is 16.0 Å². The Morgan fingerprint density at radius 2 is 2.16 bits per heavy atom. The number of nitrogens with zero attached hydrogens (tertiary/aromatic N) is 3. The second-order valence-corrected chi connectivity index (χ2v) is 4.97. The third-order valence-corrected chi connectivity index (χ3v) is 2.57. The van der Waals surface area contributed by atoms with Crippen LogP contribution in [0, 0.1) is 5.92 Å². The molecular weight excluding hydrogens is 242 g/mol. The van der Waals surface area contributed by atoms with Crippen LogP contribution in [0.5, 0.6) is 0 Å². The van der Waals surface area contributed by atoms with Gasteiger partial charge in [0.15, 0.2) is 0 Å². The molecule has 0 atom stereocenters. The molecule has 19 heavy (non-hydrogen) atoms. The number of aryl methyl sites for hydroxylation is 1. The molecule has 0 aromatic carbocycles. The predicted molar refractivity (Wildman–Crippen MR) is 76.9 cm³/mol. The Morgan fingerprint density at radius 1 is 1.47 bits per heavy atom. The fraction of sp³-hybridized carbons (Fsp3) is 0.615. The van der Waals surface area contributed by atoms with Gasteiger partial charge in [-0.15, -0.1) is 0 Å². The van der Waals surface area contributed by atoms with Crippen molar-refractivity contribution in [3.63, 3.8) is 0 Å². The Kier molecular flexibility index (Phi) is 5.54. The maximum absolute atomic E-state index is 11.7. The molecule has 0 saturated carbocycles. The van der Waals surface area contributed by atoms with Crippen molar-refractivity contribution in [2.45, 2.75) is 27.2 Å². The average molecular weight is 265 g/mol. The number of hydrogen-bond donors (Lipinski definition) is 2. The van der Waals surface area contributed by atoms with Gasteiger partial charge in [-0.3, -0.25) is 4.79 Å². The molecule has 0 fully saturated rings. The quantitative estimate of drug-likeness (QED) is 0.796. The van der Waals surface area contributed by atoms with Crippen LogP contribution in [0.2, 0.25) is 0 Å². The van der Waals surface area contributed by atoms with E-state index in [-0.39, 0.29) is 12.5 Å². The first-order chi connectivity index (χ1) is 8.92. The van der Waals surface area contributed by atoms with Crippen LogP contribution >= 0.6 is 0 Å². The average Bonchev–Trinajstić information content (AvgIpc) is 2.35. The highest BCUT2D eigenvalue weighted by molar-refractivity contribution is 5.80. The maximum atomic E-state index is 11.7. The standard InChI is InChI=1S/C13H23N5O/c1-5-11-16-10(14)6-12(17-11)18(4)8-13(19)15-7-9(2)3/h6,9H,5,7-8H2,1-4H3,(H,15,19)(H2,14,16,17). The molecule has 1 heterocycles. The molecule has 1 aromatic rings. The number of rotatable bonds is 6. The molecule has 1 rings (SSSR count). The van der Waals surface area contributed by atoms with Gasteiger partial charge < -0.3 is 16.0 Å². The number of amides is 1. The third kappa shape index (κ3) is 5.11. The van der Waals surface area contributed by atoms with Crippen molar-refractivity contribution < 1.29 is 4.79 Å². The van der Waals surface area contributed by atoms with Crippen molar-refractivity contribution in [1.82, 2.24) is 15.3 Å². The highest BCUT2D eigenvalue weighted by Crippen LogP contribution is 2.12. The van der Waals surface area contributed by atoms with Gasteiger partial charge in [0, 0.05) is 26.1 Å². The summed E-state index contributed by atoms with van der Waals surface area (Å²) in [5.41, 5.74) is 5.72. The minimum atomic E-state index is -0.0218. The maximum Gasteiger partial charge on any atom is 0.239 e. The van der Waals surface area contributed by atoms with Crippen molar-refractivity contribution in [2.75, 3.05) is 30.8 Å². The van der Waals surface area contributed by atoms with E-state index in [0.717, 1.165) is 0 Å². The molecule has 1 amide bonds. The van der Waals surface area contributed by atoms with E-state index in [9.17, 15) is 4.79 Å². The first-order valence-electron chi connectivity index (χ1n) is 6.53. The normalized spacial score (nSPS) is 10.6.